The van der Waals surface area contributed by atoms with E-state index in [4.69, 9.17) is 14.2 Å². The number of hydrogen-bond donors (Lipinski definition) is 0. The minimum Gasteiger partial charge on any atom is -0.497 e. The molecule has 0 radical (unpaired) electrons. The largest absolute Gasteiger partial charge is 0.497 e. The zero-order valence-electron chi connectivity index (χ0n) is 17.4. The van der Waals surface area contributed by atoms with Gasteiger partial charge >= 0.3 is 0 Å². The van der Waals surface area contributed by atoms with Gasteiger partial charge in [-0.25, -0.2) is 0 Å². The van der Waals surface area contributed by atoms with Gasteiger partial charge in [0.1, 0.15) is 17.2 Å². The lowest BCUT2D eigenvalue weighted by molar-refractivity contribution is 0.0943. The number of benzene rings is 3. The van der Waals surface area contributed by atoms with Crippen molar-refractivity contribution in [3.05, 3.63) is 66.7 Å². The van der Waals surface area contributed by atoms with Crippen molar-refractivity contribution in [3.8, 4) is 39.6 Å². The molecule has 0 saturated heterocycles. The molecule has 4 rings (SSSR count). The molecule has 0 aliphatic heterocycles. The summed E-state index contributed by atoms with van der Waals surface area (Å²) >= 11 is 0. The van der Waals surface area contributed by atoms with Crippen LogP contribution < -0.4 is 14.2 Å². The number of carbonyl (C=O) groups excluding carboxylic acids is 1. The highest BCUT2D eigenvalue weighted by atomic mass is 16.5. The summed E-state index contributed by atoms with van der Waals surface area (Å²) in [7, 11) is 4.90. The fourth-order valence-corrected chi connectivity index (χ4v) is 3.79. The Labute approximate surface area is 175 Å². The monoisotopic (exact) mass is 401 g/mol. The van der Waals surface area contributed by atoms with Crippen LogP contribution in [0.3, 0.4) is 0 Å². The van der Waals surface area contributed by atoms with Crippen LogP contribution in [0, 0.1) is 0 Å². The zero-order valence-corrected chi connectivity index (χ0v) is 17.4. The number of rotatable bonds is 5. The second kappa shape index (κ2) is 7.95. The standard InChI is InChI=1S/C25H23NO4/c1-16(27)26-23-15-21(30-4)13-14-22(23)24(17-5-9-19(28-2)10-6-17)25(26)18-7-11-20(29-3)12-8-18/h5-15H,1-4H3. The molecule has 5 nitrogen and oxygen atoms in total. The highest BCUT2D eigenvalue weighted by molar-refractivity contribution is 6.10. The minimum absolute atomic E-state index is 0.0705. The Hall–Kier alpha value is -3.73. The molecule has 1 aromatic heterocycles. The van der Waals surface area contributed by atoms with Crippen molar-refractivity contribution in [1.29, 1.82) is 0 Å². The second-order valence-corrected chi connectivity index (χ2v) is 6.92. The molecule has 0 bridgehead atoms. The average Bonchev–Trinajstić information content (AvgIpc) is 3.13. The summed E-state index contributed by atoms with van der Waals surface area (Å²) < 4.78 is 17.8. The van der Waals surface area contributed by atoms with Gasteiger partial charge in [-0.2, -0.15) is 0 Å². The summed E-state index contributed by atoms with van der Waals surface area (Å²) in [6.07, 6.45) is 0. The number of methoxy groups -OCH3 is 3. The summed E-state index contributed by atoms with van der Waals surface area (Å²) in [5.74, 6) is 2.17. The van der Waals surface area contributed by atoms with Gasteiger partial charge in [0.2, 0.25) is 5.91 Å². The predicted octanol–water partition coefficient (Wildman–Crippen LogP) is 5.66. The summed E-state index contributed by atoms with van der Waals surface area (Å²) in [6.45, 7) is 1.57. The highest BCUT2D eigenvalue weighted by Crippen LogP contribution is 2.42. The van der Waals surface area contributed by atoms with Crippen LogP contribution in [0.25, 0.3) is 33.3 Å². The molecule has 152 valence electrons. The maximum Gasteiger partial charge on any atom is 0.228 e. The van der Waals surface area contributed by atoms with E-state index in [0.717, 1.165) is 44.8 Å². The molecule has 5 heteroatoms. The van der Waals surface area contributed by atoms with Gasteiger partial charge in [0, 0.05) is 23.9 Å². The summed E-state index contributed by atoms with van der Waals surface area (Å²) in [6, 6.07) is 21.4. The molecule has 0 saturated carbocycles. The van der Waals surface area contributed by atoms with E-state index in [0.29, 0.717) is 5.75 Å². The number of fused-ring (bicyclic) bond motifs is 1. The number of hydrogen-bond acceptors (Lipinski definition) is 4. The third-order valence-corrected chi connectivity index (χ3v) is 5.23. The van der Waals surface area contributed by atoms with E-state index in [9.17, 15) is 4.79 Å². The fraction of sp³-hybridized carbons (Fsp3) is 0.160. The van der Waals surface area contributed by atoms with Gasteiger partial charge < -0.3 is 14.2 Å². The highest BCUT2D eigenvalue weighted by Gasteiger charge is 2.22. The van der Waals surface area contributed by atoms with Crippen molar-refractivity contribution < 1.29 is 19.0 Å². The van der Waals surface area contributed by atoms with Crippen LogP contribution in [0.1, 0.15) is 11.7 Å². The quantitative estimate of drug-likeness (QED) is 0.433. The number of nitrogens with zero attached hydrogens (tertiary/aromatic N) is 1. The van der Waals surface area contributed by atoms with Gasteiger partial charge in [-0.3, -0.25) is 9.36 Å². The third-order valence-electron chi connectivity index (χ3n) is 5.23. The predicted molar refractivity (Wildman–Crippen MR) is 119 cm³/mol. The Morgan fingerprint density at radius 3 is 1.70 bits per heavy atom. The van der Waals surface area contributed by atoms with Crippen molar-refractivity contribution in [2.75, 3.05) is 21.3 Å². The van der Waals surface area contributed by atoms with Crippen LogP contribution in [-0.4, -0.2) is 31.8 Å². The lowest BCUT2D eigenvalue weighted by Crippen LogP contribution is -2.07. The smallest absolute Gasteiger partial charge is 0.228 e. The number of carbonyl (C=O) groups is 1. The van der Waals surface area contributed by atoms with E-state index >= 15 is 0 Å². The Morgan fingerprint density at radius 2 is 1.20 bits per heavy atom. The van der Waals surface area contributed by atoms with Gasteiger partial charge in [-0.1, -0.05) is 12.1 Å². The molecule has 4 aromatic rings. The van der Waals surface area contributed by atoms with E-state index in [1.807, 2.05) is 66.7 Å². The SMILES string of the molecule is COc1ccc(-c2c(-c3ccc(OC)cc3)n(C(C)=O)c3cc(OC)ccc23)cc1. The number of aromatic nitrogens is 1. The molecular formula is C25H23NO4. The van der Waals surface area contributed by atoms with Crippen molar-refractivity contribution in [3.63, 3.8) is 0 Å². The first kappa shape index (κ1) is 19.6. The molecule has 0 spiro atoms. The molecule has 30 heavy (non-hydrogen) atoms. The van der Waals surface area contributed by atoms with E-state index in [-0.39, 0.29) is 5.91 Å². The van der Waals surface area contributed by atoms with Gasteiger partial charge in [0.05, 0.1) is 32.5 Å². The van der Waals surface area contributed by atoms with Crippen molar-refractivity contribution in [1.82, 2.24) is 4.57 Å². The molecule has 1 heterocycles. The molecule has 0 atom stereocenters. The maximum absolute atomic E-state index is 12.8. The lowest BCUT2D eigenvalue weighted by atomic mass is 9.98. The van der Waals surface area contributed by atoms with E-state index < -0.39 is 0 Å². The minimum atomic E-state index is -0.0705. The molecule has 0 aliphatic rings. The Morgan fingerprint density at radius 1 is 0.700 bits per heavy atom. The van der Waals surface area contributed by atoms with Crippen LogP contribution in [0.15, 0.2) is 66.7 Å². The van der Waals surface area contributed by atoms with Crippen molar-refractivity contribution in [2.45, 2.75) is 6.92 Å². The summed E-state index contributed by atoms with van der Waals surface area (Å²) in [5, 5.41) is 0.974. The first-order valence-corrected chi connectivity index (χ1v) is 9.59. The van der Waals surface area contributed by atoms with Gasteiger partial charge in [0.15, 0.2) is 0 Å². The first-order valence-electron chi connectivity index (χ1n) is 9.59. The number of ether oxygens (including phenoxy) is 3. The fourth-order valence-electron chi connectivity index (χ4n) is 3.79. The van der Waals surface area contributed by atoms with Crippen molar-refractivity contribution in [2.24, 2.45) is 0 Å². The van der Waals surface area contributed by atoms with Gasteiger partial charge in [-0.15, -0.1) is 0 Å². The van der Waals surface area contributed by atoms with Crippen molar-refractivity contribution >= 4 is 16.8 Å². The molecule has 0 unspecified atom stereocenters. The Bertz CT molecular complexity index is 1200. The molecule has 0 amide bonds. The Kier molecular flexibility index (Phi) is 5.19. The topological polar surface area (TPSA) is 49.7 Å². The maximum atomic E-state index is 12.8. The zero-order chi connectivity index (χ0) is 21.3. The molecule has 0 aliphatic carbocycles. The van der Waals surface area contributed by atoms with Gasteiger partial charge in [-0.05, 0) is 59.7 Å². The van der Waals surface area contributed by atoms with Crippen LogP contribution in [-0.2, 0) is 0 Å². The lowest BCUT2D eigenvalue weighted by Gasteiger charge is -2.11. The van der Waals surface area contributed by atoms with Gasteiger partial charge in [0.25, 0.3) is 0 Å². The molecule has 0 N–H and O–H groups in total. The molecule has 3 aromatic carbocycles. The van der Waals surface area contributed by atoms with Crippen LogP contribution in [0.2, 0.25) is 0 Å². The van der Waals surface area contributed by atoms with Crippen LogP contribution >= 0.6 is 0 Å². The second-order valence-electron chi connectivity index (χ2n) is 6.92. The van der Waals surface area contributed by atoms with E-state index in [1.165, 1.54) is 0 Å². The van der Waals surface area contributed by atoms with E-state index in [2.05, 4.69) is 0 Å². The first-order chi connectivity index (χ1) is 14.6. The third kappa shape index (κ3) is 3.28. The van der Waals surface area contributed by atoms with E-state index in [1.54, 1.807) is 32.8 Å². The van der Waals surface area contributed by atoms with Crippen LogP contribution in [0.4, 0.5) is 0 Å². The normalized spacial score (nSPS) is 10.8. The summed E-state index contributed by atoms with van der Waals surface area (Å²) in [4.78, 5) is 12.8. The molecular weight excluding hydrogens is 378 g/mol. The average molecular weight is 401 g/mol. The van der Waals surface area contributed by atoms with Crippen LogP contribution in [0.5, 0.6) is 17.2 Å². The Balaban J connectivity index is 2.09. The summed E-state index contributed by atoms with van der Waals surface area (Å²) in [5.41, 5.74) is 4.54. The molecule has 0 fully saturated rings.